The molecule has 0 amide bonds. The number of aryl methyl sites for hydroxylation is 1. The van der Waals surface area contributed by atoms with Crippen LogP contribution in [-0.4, -0.2) is 6.61 Å². The molecule has 0 aliphatic rings. The van der Waals surface area contributed by atoms with E-state index in [1.54, 1.807) is 0 Å². The average molecular weight is 262 g/mol. The van der Waals surface area contributed by atoms with Gasteiger partial charge in [-0.25, -0.2) is 0 Å². The zero-order valence-electron chi connectivity index (χ0n) is 13.3. The van der Waals surface area contributed by atoms with E-state index in [1.807, 2.05) is 0 Å². The molecule has 108 valence electrons. The molecule has 0 fully saturated rings. The predicted molar refractivity (Wildman–Crippen MR) is 83.8 cm³/mol. The van der Waals surface area contributed by atoms with Crippen LogP contribution in [0.15, 0.2) is 24.3 Å². The zero-order valence-corrected chi connectivity index (χ0v) is 13.3. The largest absolute Gasteiger partial charge is 0.494 e. The van der Waals surface area contributed by atoms with Crippen LogP contribution in [0.1, 0.15) is 58.9 Å². The van der Waals surface area contributed by atoms with Gasteiger partial charge in [0.15, 0.2) is 0 Å². The van der Waals surface area contributed by atoms with Gasteiger partial charge in [0, 0.05) is 0 Å². The summed E-state index contributed by atoms with van der Waals surface area (Å²) in [6, 6.07) is 8.31. The monoisotopic (exact) mass is 262 g/mol. The molecular weight excluding hydrogens is 232 g/mol. The van der Waals surface area contributed by atoms with Crippen molar-refractivity contribution in [1.82, 2.24) is 0 Å². The zero-order chi connectivity index (χ0) is 14.3. The van der Waals surface area contributed by atoms with Crippen molar-refractivity contribution in [1.29, 1.82) is 0 Å². The van der Waals surface area contributed by atoms with Gasteiger partial charge in [-0.3, -0.25) is 0 Å². The van der Waals surface area contributed by atoms with Crippen LogP contribution >= 0.6 is 0 Å². The SMILES string of the molecule is Cc1ccc(OCCC(C)CCCC(C)(C)C)cc1. The average Bonchev–Trinajstić information content (AvgIpc) is 2.30. The fraction of sp³-hybridized carbons (Fsp3) is 0.667. The standard InChI is InChI=1S/C18H30O/c1-15(7-6-13-18(3,4)5)12-14-19-17-10-8-16(2)9-11-17/h8-11,15H,6-7,12-14H2,1-5H3. The Morgan fingerprint density at radius 3 is 2.26 bits per heavy atom. The molecular formula is C18H30O. The lowest BCUT2D eigenvalue weighted by Gasteiger charge is -2.19. The maximum atomic E-state index is 5.78. The normalized spacial score (nSPS) is 13.3. The van der Waals surface area contributed by atoms with Gasteiger partial charge < -0.3 is 4.74 Å². The molecule has 19 heavy (non-hydrogen) atoms. The Hall–Kier alpha value is -0.980. The Labute approximate surface area is 119 Å². The molecule has 1 aromatic carbocycles. The van der Waals surface area contributed by atoms with E-state index in [9.17, 15) is 0 Å². The number of hydrogen-bond acceptors (Lipinski definition) is 1. The minimum absolute atomic E-state index is 0.470. The lowest BCUT2D eigenvalue weighted by atomic mass is 9.88. The summed E-state index contributed by atoms with van der Waals surface area (Å²) in [5.74, 6) is 1.75. The van der Waals surface area contributed by atoms with Crippen molar-refractivity contribution in [3.05, 3.63) is 29.8 Å². The Bertz CT molecular complexity index is 345. The van der Waals surface area contributed by atoms with Crippen LogP contribution in [0.5, 0.6) is 5.75 Å². The van der Waals surface area contributed by atoms with Gasteiger partial charge >= 0.3 is 0 Å². The molecule has 0 bridgehead atoms. The molecule has 0 aliphatic heterocycles. The van der Waals surface area contributed by atoms with Crippen LogP contribution in [0, 0.1) is 18.3 Å². The lowest BCUT2D eigenvalue weighted by molar-refractivity contribution is 0.269. The van der Waals surface area contributed by atoms with Crippen molar-refractivity contribution in [2.24, 2.45) is 11.3 Å². The fourth-order valence-corrected chi connectivity index (χ4v) is 2.14. The molecule has 1 rings (SSSR count). The highest BCUT2D eigenvalue weighted by Gasteiger charge is 2.11. The van der Waals surface area contributed by atoms with E-state index in [-0.39, 0.29) is 0 Å². The molecule has 0 saturated carbocycles. The Morgan fingerprint density at radius 1 is 1.05 bits per heavy atom. The van der Waals surface area contributed by atoms with Crippen LogP contribution in [0.2, 0.25) is 0 Å². The van der Waals surface area contributed by atoms with Crippen molar-refractivity contribution in [3.8, 4) is 5.75 Å². The van der Waals surface area contributed by atoms with E-state index in [0.29, 0.717) is 5.41 Å². The second-order valence-electron chi connectivity index (χ2n) is 7.01. The maximum absolute atomic E-state index is 5.78. The third-order valence-corrected chi connectivity index (χ3v) is 3.52. The second-order valence-corrected chi connectivity index (χ2v) is 7.01. The summed E-state index contributed by atoms with van der Waals surface area (Å²) in [6.07, 6.45) is 5.11. The predicted octanol–water partition coefficient (Wildman–Crippen LogP) is 5.62. The number of hydrogen-bond donors (Lipinski definition) is 0. The molecule has 0 N–H and O–H groups in total. The first kappa shape index (κ1) is 16.1. The van der Waals surface area contributed by atoms with Crippen molar-refractivity contribution >= 4 is 0 Å². The van der Waals surface area contributed by atoms with Gasteiger partial charge in [-0.2, -0.15) is 0 Å². The van der Waals surface area contributed by atoms with Gasteiger partial charge in [0.2, 0.25) is 0 Å². The summed E-state index contributed by atoms with van der Waals surface area (Å²) >= 11 is 0. The molecule has 1 aromatic rings. The van der Waals surface area contributed by atoms with Crippen LogP contribution in [0.3, 0.4) is 0 Å². The molecule has 1 nitrogen and oxygen atoms in total. The first-order chi connectivity index (χ1) is 8.87. The van der Waals surface area contributed by atoms with E-state index < -0.39 is 0 Å². The van der Waals surface area contributed by atoms with Gasteiger partial charge in [-0.1, -0.05) is 58.2 Å². The van der Waals surface area contributed by atoms with E-state index in [0.717, 1.165) is 24.7 Å². The smallest absolute Gasteiger partial charge is 0.119 e. The number of ether oxygens (including phenoxy) is 1. The molecule has 1 atom stereocenters. The van der Waals surface area contributed by atoms with Gasteiger partial charge in [0.1, 0.15) is 5.75 Å². The minimum atomic E-state index is 0.470. The van der Waals surface area contributed by atoms with Crippen molar-refractivity contribution in [2.75, 3.05) is 6.61 Å². The van der Waals surface area contributed by atoms with Crippen LogP contribution in [0.4, 0.5) is 0 Å². The highest BCUT2D eigenvalue weighted by molar-refractivity contribution is 5.26. The van der Waals surface area contributed by atoms with E-state index in [2.05, 4.69) is 58.9 Å². The van der Waals surface area contributed by atoms with Gasteiger partial charge in [-0.15, -0.1) is 0 Å². The Balaban J connectivity index is 2.13. The molecule has 0 spiro atoms. The first-order valence-corrected chi connectivity index (χ1v) is 7.56. The third-order valence-electron chi connectivity index (χ3n) is 3.52. The van der Waals surface area contributed by atoms with E-state index >= 15 is 0 Å². The summed E-state index contributed by atoms with van der Waals surface area (Å²) in [7, 11) is 0. The highest BCUT2D eigenvalue weighted by Crippen LogP contribution is 2.24. The molecule has 0 aliphatic carbocycles. The van der Waals surface area contributed by atoms with E-state index in [1.165, 1.54) is 24.8 Å². The maximum Gasteiger partial charge on any atom is 0.119 e. The lowest BCUT2D eigenvalue weighted by Crippen LogP contribution is -2.08. The summed E-state index contributed by atoms with van der Waals surface area (Å²) in [6.45, 7) is 12.2. The molecule has 0 saturated heterocycles. The topological polar surface area (TPSA) is 9.23 Å². The molecule has 1 heteroatoms. The molecule has 0 aromatic heterocycles. The quantitative estimate of drug-likeness (QED) is 0.620. The van der Waals surface area contributed by atoms with Gasteiger partial charge in [-0.05, 0) is 43.2 Å². The van der Waals surface area contributed by atoms with Gasteiger partial charge in [0.25, 0.3) is 0 Å². The van der Waals surface area contributed by atoms with E-state index in [4.69, 9.17) is 4.74 Å². The third kappa shape index (κ3) is 7.92. The van der Waals surface area contributed by atoms with Crippen LogP contribution in [0.25, 0.3) is 0 Å². The fourth-order valence-electron chi connectivity index (χ4n) is 2.14. The second kappa shape index (κ2) is 7.57. The Kier molecular flexibility index (Phi) is 6.41. The number of rotatable bonds is 7. The number of benzene rings is 1. The van der Waals surface area contributed by atoms with Crippen molar-refractivity contribution in [3.63, 3.8) is 0 Å². The summed E-state index contributed by atoms with van der Waals surface area (Å²) in [5.41, 5.74) is 1.75. The van der Waals surface area contributed by atoms with Crippen molar-refractivity contribution < 1.29 is 4.74 Å². The summed E-state index contributed by atoms with van der Waals surface area (Å²) in [5, 5.41) is 0. The molecule has 0 radical (unpaired) electrons. The Morgan fingerprint density at radius 2 is 1.68 bits per heavy atom. The summed E-state index contributed by atoms with van der Waals surface area (Å²) in [4.78, 5) is 0. The van der Waals surface area contributed by atoms with Gasteiger partial charge in [0.05, 0.1) is 6.61 Å². The highest BCUT2D eigenvalue weighted by atomic mass is 16.5. The molecule has 0 heterocycles. The first-order valence-electron chi connectivity index (χ1n) is 7.56. The van der Waals surface area contributed by atoms with Crippen LogP contribution < -0.4 is 4.74 Å². The summed E-state index contributed by atoms with van der Waals surface area (Å²) < 4.78 is 5.78. The van der Waals surface area contributed by atoms with Crippen molar-refractivity contribution in [2.45, 2.75) is 60.3 Å². The molecule has 1 unspecified atom stereocenters. The van der Waals surface area contributed by atoms with Crippen LogP contribution in [-0.2, 0) is 0 Å². The minimum Gasteiger partial charge on any atom is -0.494 e.